The summed E-state index contributed by atoms with van der Waals surface area (Å²) in [5.41, 5.74) is 1.34. The molecule has 6 nitrogen and oxygen atoms in total. The third-order valence-corrected chi connectivity index (χ3v) is 6.55. The number of nitrogens with zero attached hydrogens (tertiary/aromatic N) is 3. The summed E-state index contributed by atoms with van der Waals surface area (Å²) in [6.45, 7) is 0. The molecule has 0 aliphatic carbocycles. The lowest BCUT2D eigenvalue weighted by Crippen LogP contribution is -2.16. The van der Waals surface area contributed by atoms with Gasteiger partial charge in [0.25, 0.3) is 0 Å². The highest BCUT2D eigenvalue weighted by Crippen LogP contribution is 2.53. The van der Waals surface area contributed by atoms with Crippen LogP contribution < -0.4 is 4.74 Å². The number of fused-ring (bicyclic) bond motifs is 3. The summed E-state index contributed by atoms with van der Waals surface area (Å²) in [6, 6.07) is 11.6. The van der Waals surface area contributed by atoms with Crippen molar-refractivity contribution in [2.75, 3.05) is 7.11 Å². The van der Waals surface area contributed by atoms with E-state index in [4.69, 9.17) is 16.3 Å². The van der Waals surface area contributed by atoms with Crippen molar-refractivity contribution in [1.82, 2.24) is 14.8 Å². The second-order valence-corrected chi connectivity index (χ2v) is 8.51. The first kappa shape index (κ1) is 21.5. The molecule has 0 saturated heterocycles. The maximum Gasteiger partial charge on any atom is 0.452 e. The summed E-state index contributed by atoms with van der Waals surface area (Å²) in [7, 11) is 1.49. The van der Waals surface area contributed by atoms with E-state index in [2.05, 4.69) is 10.2 Å². The average Bonchev–Trinajstić information content (AvgIpc) is 3.11. The minimum absolute atomic E-state index is 0.0827. The van der Waals surface area contributed by atoms with Crippen LogP contribution in [0, 0.1) is 0 Å². The normalized spacial score (nSPS) is 18.1. The predicted octanol–water partition coefficient (Wildman–Crippen LogP) is 5.30. The van der Waals surface area contributed by atoms with Crippen molar-refractivity contribution in [1.29, 1.82) is 0 Å². The largest absolute Gasteiger partial charge is 0.496 e. The van der Waals surface area contributed by atoms with E-state index in [9.17, 15) is 23.1 Å². The van der Waals surface area contributed by atoms with E-state index in [0.29, 0.717) is 21.9 Å². The van der Waals surface area contributed by atoms with E-state index >= 15 is 0 Å². The Morgan fingerprint density at radius 3 is 2.65 bits per heavy atom. The van der Waals surface area contributed by atoms with Gasteiger partial charge in [-0.25, -0.2) is 0 Å². The number of para-hydroxylation sites is 1. The number of carboxylic acids is 1. The first-order chi connectivity index (χ1) is 14.7. The monoisotopic (exact) mass is 469 g/mol. The highest BCUT2D eigenvalue weighted by Gasteiger charge is 2.43. The summed E-state index contributed by atoms with van der Waals surface area (Å²) >= 11 is 7.38. The number of hydrogen-bond donors (Lipinski definition) is 1. The number of halogens is 4. The van der Waals surface area contributed by atoms with Gasteiger partial charge in [-0.05, 0) is 29.8 Å². The highest BCUT2D eigenvalue weighted by atomic mass is 35.5. The minimum Gasteiger partial charge on any atom is -0.496 e. The molecule has 162 valence electrons. The average molecular weight is 470 g/mol. The molecule has 2 heterocycles. The van der Waals surface area contributed by atoms with Crippen molar-refractivity contribution in [2.45, 2.75) is 23.1 Å². The van der Waals surface area contributed by atoms with Crippen LogP contribution in [0.5, 0.6) is 5.75 Å². The Morgan fingerprint density at radius 2 is 1.97 bits per heavy atom. The van der Waals surface area contributed by atoms with E-state index in [1.807, 2.05) is 0 Å². The smallest absolute Gasteiger partial charge is 0.452 e. The molecule has 2 atom stereocenters. The molecule has 0 unspecified atom stereocenters. The molecule has 4 rings (SSSR count). The van der Waals surface area contributed by atoms with E-state index in [-0.39, 0.29) is 11.5 Å². The molecule has 31 heavy (non-hydrogen) atoms. The van der Waals surface area contributed by atoms with Gasteiger partial charge in [0, 0.05) is 10.6 Å². The van der Waals surface area contributed by atoms with E-state index in [0.717, 1.165) is 4.57 Å². The van der Waals surface area contributed by atoms with Crippen LogP contribution in [0.25, 0.3) is 5.69 Å². The number of thioether (sulfide) groups is 1. The molecule has 3 aromatic rings. The van der Waals surface area contributed by atoms with Gasteiger partial charge in [0.05, 0.1) is 29.7 Å². The van der Waals surface area contributed by atoms with Gasteiger partial charge in [-0.15, -0.1) is 22.0 Å². The predicted molar refractivity (Wildman–Crippen MR) is 109 cm³/mol. The number of ether oxygens (including phenoxy) is 1. The van der Waals surface area contributed by atoms with E-state index in [1.165, 1.54) is 31.0 Å². The Hall–Kier alpha value is -2.72. The summed E-state index contributed by atoms with van der Waals surface area (Å²) in [4.78, 5) is 11.5. The molecule has 0 bridgehead atoms. The van der Waals surface area contributed by atoms with Crippen LogP contribution in [0.15, 0.2) is 42.5 Å². The second-order valence-electron chi connectivity index (χ2n) is 6.76. The number of methoxy groups -OCH3 is 1. The van der Waals surface area contributed by atoms with Gasteiger partial charge in [-0.3, -0.25) is 9.36 Å². The molecule has 1 aliphatic heterocycles. The van der Waals surface area contributed by atoms with Gasteiger partial charge >= 0.3 is 12.1 Å². The first-order valence-electron chi connectivity index (χ1n) is 9.03. The number of hydrogen-bond acceptors (Lipinski definition) is 5. The first-order valence-corrected chi connectivity index (χ1v) is 10.3. The second kappa shape index (κ2) is 8.08. The van der Waals surface area contributed by atoms with Crippen LogP contribution in [-0.2, 0) is 11.0 Å². The SMILES string of the molecule is COc1ccccc1[C@@H]1S[C@@H](CC(=O)O)c2nnc(C(F)(F)F)n2-c2ccc(Cl)cc21. The molecular weight excluding hydrogens is 455 g/mol. The van der Waals surface area contributed by atoms with Crippen LogP contribution in [-0.4, -0.2) is 33.0 Å². The number of benzene rings is 2. The molecule has 0 spiro atoms. The Kier molecular flexibility index (Phi) is 5.61. The van der Waals surface area contributed by atoms with Crippen LogP contribution in [0.2, 0.25) is 5.02 Å². The molecule has 0 radical (unpaired) electrons. The standard InChI is InChI=1S/C20H15ClF3N3O3S/c1-30-14-5-3-2-4-11(14)17-12-8-10(21)6-7-13(12)27-18(15(31-17)9-16(28)29)25-26-19(27)20(22,23)24/h2-8,15,17H,9H2,1H3,(H,28,29)/t15-,17-/m0/s1. The fourth-order valence-electron chi connectivity index (χ4n) is 3.59. The van der Waals surface area contributed by atoms with Crippen LogP contribution in [0.3, 0.4) is 0 Å². The molecule has 1 aromatic heterocycles. The van der Waals surface area contributed by atoms with Gasteiger partial charge in [0.2, 0.25) is 5.82 Å². The summed E-state index contributed by atoms with van der Waals surface area (Å²) in [6.07, 6.45) is -5.22. The quantitative estimate of drug-likeness (QED) is 0.558. The zero-order valence-electron chi connectivity index (χ0n) is 15.9. The summed E-state index contributed by atoms with van der Waals surface area (Å²) < 4.78 is 47.6. The molecule has 0 amide bonds. The molecule has 11 heteroatoms. The highest BCUT2D eigenvalue weighted by molar-refractivity contribution is 8.00. The number of aromatic nitrogens is 3. The van der Waals surface area contributed by atoms with Gasteiger partial charge in [-0.1, -0.05) is 29.8 Å². The summed E-state index contributed by atoms with van der Waals surface area (Å²) in [5.74, 6) is -1.94. The van der Waals surface area contributed by atoms with Gasteiger partial charge in [-0.2, -0.15) is 13.2 Å². The van der Waals surface area contributed by atoms with Crippen molar-refractivity contribution in [3.63, 3.8) is 0 Å². The summed E-state index contributed by atoms with van der Waals surface area (Å²) in [5, 5.41) is 15.4. The lowest BCUT2D eigenvalue weighted by atomic mass is 10.0. The Morgan fingerprint density at radius 1 is 1.23 bits per heavy atom. The zero-order valence-corrected chi connectivity index (χ0v) is 17.5. The molecule has 2 aromatic carbocycles. The molecule has 0 saturated carbocycles. The molecular formula is C20H15ClF3N3O3S. The third-order valence-electron chi connectivity index (χ3n) is 4.82. The minimum atomic E-state index is -4.79. The van der Waals surface area contributed by atoms with Crippen molar-refractivity contribution >= 4 is 29.3 Å². The number of carboxylic acid groups (broad SMARTS) is 1. The van der Waals surface area contributed by atoms with Crippen molar-refractivity contribution in [3.05, 3.63) is 70.3 Å². The zero-order chi connectivity index (χ0) is 22.3. The number of aliphatic carboxylic acids is 1. The number of alkyl halides is 3. The molecule has 1 N–H and O–H groups in total. The van der Waals surface area contributed by atoms with Crippen LogP contribution >= 0.6 is 23.4 Å². The fourth-order valence-corrected chi connectivity index (χ4v) is 5.28. The van der Waals surface area contributed by atoms with Crippen LogP contribution in [0.4, 0.5) is 13.2 Å². The third kappa shape index (κ3) is 3.97. The van der Waals surface area contributed by atoms with Gasteiger partial charge in [0.15, 0.2) is 5.82 Å². The van der Waals surface area contributed by atoms with Crippen molar-refractivity contribution < 1.29 is 27.8 Å². The Bertz CT molecular complexity index is 1150. The Balaban J connectivity index is 2.03. The number of carbonyl (C=O) groups is 1. The van der Waals surface area contributed by atoms with Crippen LogP contribution in [0.1, 0.15) is 39.7 Å². The van der Waals surface area contributed by atoms with Crippen molar-refractivity contribution in [2.24, 2.45) is 0 Å². The van der Waals surface area contributed by atoms with E-state index < -0.39 is 34.9 Å². The topological polar surface area (TPSA) is 77.2 Å². The van der Waals surface area contributed by atoms with Gasteiger partial charge in [0.1, 0.15) is 5.75 Å². The van der Waals surface area contributed by atoms with Gasteiger partial charge < -0.3 is 9.84 Å². The van der Waals surface area contributed by atoms with Crippen molar-refractivity contribution in [3.8, 4) is 11.4 Å². The molecule has 0 fully saturated rings. The Labute approximate surface area is 184 Å². The maximum atomic E-state index is 13.8. The lowest BCUT2D eigenvalue weighted by molar-refractivity contribution is -0.146. The van der Waals surface area contributed by atoms with E-state index in [1.54, 1.807) is 30.3 Å². The maximum absolute atomic E-state index is 13.8. The number of rotatable bonds is 4. The lowest BCUT2D eigenvalue weighted by Gasteiger charge is -2.22. The fraction of sp³-hybridized carbons (Fsp3) is 0.250. The molecule has 1 aliphatic rings.